The van der Waals surface area contributed by atoms with Gasteiger partial charge < -0.3 is 15.0 Å². The normalized spacial score (nSPS) is 12.3. The molecule has 0 aliphatic carbocycles. The zero-order valence-corrected chi connectivity index (χ0v) is 12.5. The lowest BCUT2D eigenvalue weighted by Crippen LogP contribution is -2.14. The molecule has 20 heavy (non-hydrogen) atoms. The molecule has 2 N–H and O–H groups in total. The molecule has 108 valence electrons. The third-order valence-electron chi connectivity index (χ3n) is 3.07. The zero-order valence-electron chi connectivity index (χ0n) is 11.7. The fourth-order valence-electron chi connectivity index (χ4n) is 2.15. The highest BCUT2D eigenvalue weighted by Gasteiger charge is 2.22. The molecule has 0 aliphatic rings. The molecule has 0 saturated heterocycles. The molecule has 0 radical (unpaired) electrons. The van der Waals surface area contributed by atoms with Gasteiger partial charge in [0.2, 0.25) is 0 Å². The number of anilines is 1. The lowest BCUT2D eigenvalue weighted by molar-refractivity contribution is 0.0521. The van der Waals surface area contributed by atoms with Gasteiger partial charge in [0, 0.05) is 4.88 Å². The van der Waals surface area contributed by atoms with Crippen molar-refractivity contribution in [3.63, 3.8) is 0 Å². The largest absolute Gasteiger partial charge is 0.461 e. The predicted octanol–water partition coefficient (Wildman–Crippen LogP) is 3.09. The Morgan fingerprint density at radius 3 is 2.95 bits per heavy atom. The van der Waals surface area contributed by atoms with Crippen LogP contribution in [0.4, 0.5) is 5.82 Å². The molecule has 0 fully saturated rings. The Kier molecular flexibility index (Phi) is 4.79. The standard InChI is InChI=1S/C14H19N3O2S/c1-3-6-10(11-7-5-8-20-11)17-9-16-12(13(17)15)14(18)19-4-2/h5,7-10H,3-4,6,15H2,1-2H3. The van der Waals surface area contributed by atoms with Gasteiger partial charge in [-0.1, -0.05) is 19.4 Å². The van der Waals surface area contributed by atoms with Crippen molar-refractivity contribution in [2.75, 3.05) is 12.3 Å². The van der Waals surface area contributed by atoms with E-state index in [1.807, 2.05) is 16.0 Å². The average molecular weight is 293 g/mol. The topological polar surface area (TPSA) is 70.1 Å². The van der Waals surface area contributed by atoms with Crippen molar-refractivity contribution in [2.24, 2.45) is 0 Å². The van der Waals surface area contributed by atoms with Gasteiger partial charge in [0.25, 0.3) is 0 Å². The zero-order chi connectivity index (χ0) is 14.5. The Balaban J connectivity index is 2.33. The minimum atomic E-state index is -0.467. The number of carbonyl (C=O) groups excluding carboxylic acids is 1. The molecular formula is C14H19N3O2S. The Bertz CT molecular complexity index is 563. The van der Waals surface area contributed by atoms with Gasteiger partial charge in [-0.2, -0.15) is 0 Å². The molecule has 1 unspecified atom stereocenters. The molecule has 2 aromatic rings. The van der Waals surface area contributed by atoms with Gasteiger partial charge in [-0.05, 0) is 24.8 Å². The van der Waals surface area contributed by atoms with E-state index in [-0.39, 0.29) is 11.7 Å². The first-order chi connectivity index (χ1) is 9.69. The van der Waals surface area contributed by atoms with Gasteiger partial charge >= 0.3 is 5.97 Å². The monoisotopic (exact) mass is 293 g/mol. The second kappa shape index (κ2) is 6.56. The van der Waals surface area contributed by atoms with E-state index in [1.165, 1.54) is 4.88 Å². The summed E-state index contributed by atoms with van der Waals surface area (Å²) >= 11 is 1.68. The molecule has 0 amide bonds. The highest BCUT2D eigenvalue weighted by molar-refractivity contribution is 7.10. The summed E-state index contributed by atoms with van der Waals surface area (Å²) in [6.07, 6.45) is 3.60. The third kappa shape index (κ3) is 2.85. The highest BCUT2D eigenvalue weighted by Crippen LogP contribution is 2.30. The quantitative estimate of drug-likeness (QED) is 0.831. The first-order valence-electron chi connectivity index (χ1n) is 6.71. The van der Waals surface area contributed by atoms with Crippen LogP contribution in [0.5, 0.6) is 0 Å². The molecule has 2 aromatic heterocycles. The minimum Gasteiger partial charge on any atom is -0.461 e. The molecule has 0 bridgehead atoms. The van der Waals surface area contributed by atoms with E-state index in [0.717, 1.165) is 12.8 Å². The van der Waals surface area contributed by atoms with E-state index in [2.05, 4.69) is 18.0 Å². The molecule has 0 aliphatic heterocycles. The van der Waals surface area contributed by atoms with E-state index >= 15 is 0 Å². The number of esters is 1. The van der Waals surface area contributed by atoms with Gasteiger partial charge in [0.1, 0.15) is 5.82 Å². The van der Waals surface area contributed by atoms with Crippen molar-refractivity contribution in [2.45, 2.75) is 32.7 Å². The Hall–Kier alpha value is -1.82. The van der Waals surface area contributed by atoms with E-state index in [4.69, 9.17) is 10.5 Å². The first-order valence-corrected chi connectivity index (χ1v) is 7.59. The summed E-state index contributed by atoms with van der Waals surface area (Å²) in [5.74, 6) is -0.0968. The van der Waals surface area contributed by atoms with Crippen LogP contribution >= 0.6 is 11.3 Å². The van der Waals surface area contributed by atoms with Gasteiger partial charge in [0.05, 0.1) is 19.0 Å². The maximum atomic E-state index is 11.8. The van der Waals surface area contributed by atoms with Crippen LogP contribution in [0.2, 0.25) is 0 Å². The van der Waals surface area contributed by atoms with Crippen molar-refractivity contribution in [1.29, 1.82) is 0 Å². The lowest BCUT2D eigenvalue weighted by atomic mass is 10.1. The number of hydrogen-bond acceptors (Lipinski definition) is 5. The fourth-order valence-corrected chi connectivity index (χ4v) is 3.01. The van der Waals surface area contributed by atoms with Crippen molar-refractivity contribution in [1.82, 2.24) is 9.55 Å². The maximum absolute atomic E-state index is 11.8. The number of rotatable bonds is 6. The number of thiophene rings is 1. The third-order valence-corrected chi connectivity index (χ3v) is 4.04. The minimum absolute atomic E-state index is 0.121. The SMILES string of the molecule is CCCC(c1cccs1)n1cnc(C(=O)OCC)c1N. The number of imidazole rings is 1. The molecule has 0 saturated carbocycles. The molecule has 0 spiro atoms. The van der Waals surface area contributed by atoms with Crippen LogP contribution < -0.4 is 5.73 Å². The Labute approximate surface area is 122 Å². The lowest BCUT2D eigenvalue weighted by Gasteiger charge is -2.18. The summed E-state index contributed by atoms with van der Waals surface area (Å²) in [6, 6.07) is 4.21. The average Bonchev–Trinajstić information content (AvgIpc) is 3.06. The first kappa shape index (κ1) is 14.6. The second-order valence-electron chi connectivity index (χ2n) is 4.43. The van der Waals surface area contributed by atoms with Crippen molar-refractivity contribution < 1.29 is 9.53 Å². The summed E-state index contributed by atoms with van der Waals surface area (Å²) in [6.45, 7) is 4.20. The van der Waals surface area contributed by atoms with E-state index in [0.29, 0.717) is 12.4 Å². The molecule has 5 nitrogen and oxygen atoms in total. The van der Waals surface area contributed by atoms with Gasteiger partial charge in [0.15, 0.2) is 5.69 Å². The summed E-state index contributed by atoms with van der Waals surface area (Å²) in [5, 5.41) is 2.04. The van der Waals surface area contributed by atoms with E-state index in [1.54, 1.807) is 24.6 Å². The van der Waals surface area contributed by atoms with Crippen LogP contribution in [0, 0.1) is 0 Å². The van der Waals surface area contributed by atoms with Crippen LogP contribution in [0.1, 0.15) is 48.1 Å². The number of aromatic nitrogens is 2. The number of nitrogen functional groups attached to an aromatic ring is 1. The molecule has 1 atom stereocenters. The maximum Gasteiger partial charge on any atom is 0.360 e. The molecule has 0 aromatic carbocycles. The van der Waals surface area contributed by atoms with Crippen molar-refractivity contribution in [3.05, 3.63) is 34.4 Å². The summed E-state index contributed by atoms with van der Waals surface area (Å²) in [7, 11) is 0. The van der Waals surface area contributed by atoms with Crippen LogP contribution in [0.15, 0.2) is 23.8 Å². The molecule has 2 heterocycles. The van der Waals surface area contributed by atoms with Crippen molar-refractivity contribution in [3.8, 4) is 0 Å². The van der Waals surface area contributed by atoms with Crippen LogP contribution in [0.3, 0.4) is 0 Å². The van der Waals surface area contributed by atoms with Gasteiger partial charge in [-0.15, -0.1) is 11.3 Å². The Morgan fingerprint density at radius 2 is 2.35 bits per heavy atom. The van der Waals surface area contributed by atoms with Gasteiger partial charge in [-0.3, -0.25) is 0 Å². The molecule has 6 heteroatoms. The number of nitrogens with zero attached hydrogens (tertiary/aromatic N) is 2. The summed E-state index contributed by atoms with van der Waals surface area (Å²) < 4.78 is 6.82. The smallest absolute Gasteiger partial charge is 0.360 e. The van der Waals surface area contributed by atoms with Crippen LogP contribution in [0.25, 0.3) is 0 Å². The van der Waals surface area contributed by atoms with Crippen molar-refractivity contribution >= 4 is 23.1 Å². The summed E-state index contributed by atoms with van der Waals surface area (Å²) in [4.78, 5) is 17.1. The van der Waals surface area contributed by atoms with Crippen LogP contribution in [-0.2, 0) is 4.74 Å². The summed E-state index contributed by atoms with van der Waals surface area (Å²) in [5.41, 5.74) is 6.27. The predicted molar refractivity (Wildman–Crippen MR) is 80.0 cm³/mol. The number of ether oxygens (including phenoxy) is 1. The molecular weight excluding hydrogens is 274 g/mol. The second-order valence-corrected chi connectivity index (χ2v) is 5.41. The van der Waals surface area contributed by atoms with Crippen LogP contribution in [-0.4, -0.2) is 22.1 Å². The van der Waals surface area contributed by atoms with Gasteiger partial charge in [-0.25, -0.2) is 9.78 Å². The fraction of sp³-hybridized carbons (Fsp3) is 0.429. The number of hydrogen-bond donors (Lipinski definition) is 1. The molecule has 2 rings (SSSR count). The van der Waals surface area contributed by atoms with E-state index in [9.17, 15) is 4.79 Å². The highest BCUT2D eigenvalue weighted by atomic mass is 32.1. The number of nitrogens with two attached hydrogens (primary N) is 1. The Morgan fingerprint density at radius 1 is 1.55 bits per heavy atom. The number of carbonyl (C=O) groups is 1. The van der Waals surface area contributed by atoms with E-state index < -0.39 is 5.97 Å².